The molecule has 2 aromatic carbocycles. The SMILES string of the molecule is CN1CCN([C@@H]2CCCN(c3cnc(C(N)=O)c(Nc4ccc(N5CCC6(CC5)CCN(c5ccc7c(c5)C(=O)N(C5CCC(=O)NC5=O)C7=O)CC6)cc4)n3)C2)C1=O.[HH]. The van der Waals surface area contributed by atoms with Crippen LogP contribution >= 0.6 is 0 Å². The molecule has 5 saturated heterocycles. The Morgan fingerprint density at radius 1 is 0.831 bits per heavy atom. The molecular formula is C42H51N11O6. The number of urea groups is 1. The molecule has 17 heteroatoms. The third-order valence-corrected chi connectivity index (χ3v) is 13.3. The van der Waals surface area contributed by atoms with Crippen molar-refractivity contribution in [1.29, 1.82) is 0 Å². The number of nitrogens with one attached hydrogen (secondary N) is 2. The quantitative estimate of drug-likeness (QED) is 0.282. The minimum absolute atomic E-state index is 0. The lowest BCUT2D eigenvalue weighted by atomic mass is 9.71. The lowest BCUT2D eigenvalue weighted by molar-refractivity contribution is -0.136. The van der Waals surface area contributed by atoms with Crippen LogP contribution in [0.4, 0.5) is 33.5 Å². The number of aromatic nitrogens is 2. The Bertz CT molecular complexity index is 2220. The summed E-state index contributed by atoms with van der Waals surface area (Å²) in [6.45, 7) is 6.37. The first-order chi connectivity index (χ1) is 28.5. The topological polar surface area (TPSA) is 198 Å². The van der Waals surface area contributed by atoms with Crippen molar-refractivity contribution in [2.75, 3.05) is 79.4 Å². The molecule has 0 saturated carbocycles. The number of anilines is 5. The van der Waals surface area contributed by atoms with E-state index in [-0.39, 0.29) is 37.5 Å². The summed E-state index contributed by atoms with van der Waals surface area (Å²) in [5.41, 5.74) is 9.36. The Labute approximate surface area is 343 Å². The number of likely N-dealkylation sites (N-methyl/N-ethyl adjacent to an activating group) is 1. The van der Waals surface area contributed by atoms with Gasteiger partial charge in [-0.25, -0.2) is 14.8 Å². The van der Waals surface area contributed by atoms with Crippen molar-refractivity contribution in [2.45, 2.75) is 63.5 Å². The molecule has 1 unspecified atom stereocenters. The van der Waals surface area contributed by atoms with Gasteiger partial charge in [0.1, 0.15) is 11.9 Å². The first kappa shape index (κ1) is 38.3. The molecule has 0 radical (unpaired) electrons. The second-order valence-corrected chi connectivity index (χ2v) is 16.8. The van der Waals surface area contributed by atoms with Crippen LogP contribution < -0.4 is 31.1 Å². The summed E-state index contributed by atoms with van der Waals surface area (Å²) in [6.07, 6.45) is 7.80. The summed E-state index contributed by atoms with van der Waals surface area (Å²) in [7, 11) is 1.83. The Balaban J connectivity index is 0.00000499. The number of nitrogens with two attached hydrogens (primary N) is 1. The highest BCUT2D eigenvalue weighted by Crippen LogP contribution is 2.44. The molecule has 17 nitrogen and oxygen atoms in total. The molecule has 2 atom stereocenters. The van der Waals surface area contributed by atoms with Crippen molar-refractivity contribution >= 4 is 64.3 Å². The van der Waals surface area contributed by atoms with E-state index in [2.05, 4.69) is 42.5 Å². The van der Waals surface area contributed by atoms with Crippen LogP contribution in [0.3, 0.4) is 0 Å². The van der Waals surface area contributed by atoms with Gasteiger partial charge in [0.2, 0.25) is 11.8 Å². The van der Waals surface area contributed by atoms with Gasteiger partial charge in [0.25, 0.3) is 17.7 Å². The number of benzene rings is 2. The maximum Gasteiger partial charge on any atom is 0.320 e. The molecule has 3 aromatic rings. The zero-order valence-corrected chi connectivity index (χ0v) is 33.2. The lowest BCUT2D eigenvalue weighted by Gasteiger charge is -2.48. The van der Waals surface area contributed by atoms with E-state index in [1.165, 1.54) is 0 Å². The van der Waals surface area contributed by atoms with Crippen molar-refractivity contribution in [3.05, 3.63) is 65.5 Å². The van der Waals surface area contributed by atoms with Crippen LogP contribution in [0, 0.1) is 5.41 Å². The van der Waals surface area contributed by atoms with Crippen LogP contribution in [0.5, 0.6) is 0 Å². The zero-order chi connectivity index (χ0) is 41.0. The largest absolute Gasteiger partial charge is 0.371 e. The van der Waals surface area contributed by atoms with E-state index in [0.29, 0.717) is 35.9 Å². The van der Waals surface area contributed by atoms with Crippen molar-refractivity contribution in [1.82, 2.24) is 30.0 Å². The fourth-order valence-corrected chi connectivity index (χ4v) is 9.75. The Kier molecular flexibility index (Phi) is 9.83. The van der Waals surface area contributed by atoms with Crippen LogP contribution in [0.2, 0.25) is 0 Å². The molecule has 9 rings (SSSR count). The molecule has 6 aliphatic heterocycles. The number of piperidine rings is 4. The number of nitrogens with zero attached hydrogens (tertiary/aromatic N) is 8. The van der Waals surface area contributed by atoms with Gasteiger partial charge in [-0.15, -0.1) is 0 Å². The van der Waals surface area contributed by atoms with Gasteiger partial charge >= 0.3 is 6.03 Å². The minimum Gasteiger partial charge on any atom is -0.371 e. The molecule has 0 bridgehead atoms. The number of carbonyl (C=O) groups is 6. The first-order valence-corrected chi connectivity index (χ1v) is 20.6. The van der Waals surface area contributed by atoms with Gasteiger partial charge in [0, 0.05) is 84.3 Å². The van der Waals surface area contributed by atoms with Crippen LogP contribution in [0.1, 0.15) is 84.0 Å². The number of rotatable bonds is 8. The number of amides is 7. The van der Waals surface area contributed by atoms with Gasteiger partial charge in [0.15, 0.2) is 11.5 Å². The van der Waals surface area contributed by atoms with Gasteiger partial charge in [0.05, 0.1) is 23.4 Å². The third-order valence-electron chi connectivity index (χ3n) is 13.3. The first-order valence-electron chi connectivity index (χ1n) is 20.6. The van der Waals surface area contributed by atoms with E-state index in [1.54, 1.807) is 23.2 Å². The molecule has 1 spiro atoms. The van der Waals surface area contributed by atoms with Crippen molar-refractivity contribution < 1.29 is 30.2 Å². The lowest BCUT2D eigenvalue weighted by Crippen LogP contribution is -2.54. The molecular weight excluding hydrogens is 755 g/mol. The summed E-state index contributed by atoms with van der Waals surface area (Å²) in [4.78, 5) is 96.5. The van der Waals surface area contributed by atoms with Crippen LogP contribution in [0.25, 0.3) is 0 Å². The summed E-state index contributed by atoms with van der Waals surface area (Å²) in [5.74, 6) is -1.74. The molecule has 7 amide bonds. The molecule has 7 heterocycles. The highest BCUT2D eigenvalue weighted by atomic mass is 16.2. The Morgan fingerprint density at radius 3 is 2.17 bits per heavy atom. The van der Waals surface area contributed by atoms with Crippen LogP contribution in [-0.2, 0) is 9.59 Å². The third kappa shape index (κ3) is 7.16. The number of carbonyl (C=O) groups excluding carboxylic acids is 6. The van der Waals surface area contributed by atoms with Crippen LogP contribution in [-0.4, -0.2) is 132 Å². The molecule has 1 aromatic heterocycles. The highest BCUT2D eigenvalue weighted by molar-refractivity contribution is 6.23. The summed E-state index contributed by atoms with van der Waals surface area (Å²) in [5, 5.41) is 5.53. The number of primary amides is 1. The number of hydrogen-bond donors (Lipinski definition) is 3. The fraction of sp³-hybridized carbons (Fsp3) is 0.476. The molecule has 310 valence electrons. The van der Waals surface area contributed by atoms with Gasteiger partial charge in [-0.1, -0.05) is 0 Å². The summed E-state index contributed by atoms with van der Waals surface area (Å²) >= 11 is 0. The standard InChI is InChI=1S/C42H49N11O6.H2/c1-48-21-22-52(41(48)59)29-3-2-16-51(25-29)33-24-44-35(36(43)55)37(46-33)45-26-4-6-27(7-5-26)49-17-12-42(13-18-49)14-19-50(20-15-42)28-8-9-30-31(23-28)40(58)53(39(30)57)32-10-11-34(54)47-38(32)56;/h4-9,23-24,29,32H,2-3,10-22,25H2,1H3,(H2,43,55)(H,45,46)(H,47,54,56);1H/t29-,32?;/m1./s1. The normalized spacial score (nSPS) is 23.3. The second kappa shape index (κ2) is 15.2. The van der Waals surface area contributed by atoms with Crippen LogP contribution in [0.15, 0.2) is 48.7 Å². The maximum atomic E-state index is 13.4. The van der Waals surface area contributed by atoms with E-state index in [4.69, 9.17) is 10.7 Å². The average Bonchev–Trinajstić information content (AvgIpc) is 3.71. The van der Waals surface area contributed by atoms with Gasteiger partial charge < -0.3 is 35.6 Å². The predicted molar refractivity (Wildman–Crippen MR) is 221 cm³/mol. The number of hydrogen-bond acceptors (Lipinski definition) is 12. The van der Waals surface area contributed by atoms with Crippen molar-refractivity contribution in [2.24, 2.45) is 11.1 Å². The van der Waals surface area contributed by atoms with E-state index in [9.17, 15) is 28.8 Å². The Morgan fingerprint density at radius 2 is 1.51 bits per heavy atom. The average molecular weight is 806 g/mol. The molecule has 5 fully saturated rings. The molecule has 4 N–H and O–H groups in total. The summed E-state index contributed by atoms with van der Waals surface area (Å²) in [6, 6.07) is 12.6. The fourth-order valence-electron chi connectivity index (χ4n) is 9.75. The number of fused-ring (bicyclic) bond motifs is 1. The predicted octanol–water partition coefficient (Wildman–Crippen LogP) is 3.19. The Hall–Kier alpha value is -6.26. The molecule has 0 aliphatic carbocycles. The van der Waals surface area contributed by atoms with Gasteiger partial charge in [-0.3, -0.25) is 34.2 Å². The number of imide groups is 2. The molecule has 59 heavy (non-hydrogen) atoms. The monoisotopic (exact) mass is 805 g/mol. The van der Waals surface area contributed by atoms with E-state index in [0.717, 1.165) is 99.8 Å². The highest BCUT2D eigenvalue weighted by Gasteiger charge is 2.45. The van der Waals surface area contributed by atoms with Crippen molar-refractivity contribution in [3.8, 4) is 0 Å². The smallest absolute Gasteiger partial charge is 0.320 e. The second-order valence-electron chi connectivity index (χ2n) is 16.8. The maximum absolute atomic E-state index is 13.4. The minimum atomic E-state index is -0.981. The van der Waals surface area contributed by atoms with E-state index >= 15 is 0 Å². The van der Waals surface area contributed by atoms with E-state index in [1.807, 2.05) is 30.1 Å². The van der Waals surface area contributed by atoms with Crippen molar-refractivity contribution in [3.63, 3.8) is 0 Å². The zero-order valence-electron chi connectivity index (χ0n) is 33.2. The van der Waals surface area contributed by atoms with Gasteiger partial charge in [-0.2, -0.15) is 0 Å². The van der Waals surface area contributed by atoms with E-state index < -0.39 is 35.6 Å². The molecule has 6 aliphatic rings. The van der Waals surface area contributed by atoms with Gasteiger partial charge in [-0.05, 0) is 92.8 Å². The summed E-state index contributed by atoms with van der Waals surface area (Å²) < 4.78 is 0.